The minimum atomic E-state index is -0.630. The Balaban J connectivity index is 2.00. The highest BCUT2D eigenvalue weighted by molar-refractivity contribution is 6.36. The molecule has 0 bridgehead atoms. The second-order valence-electron chi connectivity index (χ2n) is 6.04. The van der Waals surface area contributed by atoms with E-state index in [2.05, 4.69) is 0 Å². The lowest BCUT2D eigenvalue weighted by Crippen LogP contribution is -2.44. The number of benzene rings is 1. The number of ether oxygens (including phenoxy) is 3. The molecule has 3 amide bonds. The van der Waals surface area contributed by atoms with Gasteiger partial charge in [-0.05, 0) is 12.5 Å². The number of nitrogens with zero attached hydrogens (tertiary/aromatic N) is 2. The van der Waals surface area contributed by atoms with E-state index in [1.807, 2.05) is 0 Å². The lowest BCUT2D eigenvalue weighted by molar-refractivity contribution is -0.121. The van der Waals surface area contributed by atoms with Crippen molar-refractivity contribution in [1.29, 1.82) is 0 Å². The summed E-state index contributed by atoms with van der Waals surface area (Å²) < 4.78 is 15.2. The van der Waals surface area contributed by atoms with E-state index in [9.17, 15) is 14.4 Å². The van der Waals surface area contributed by atoms with Crippen molar-refractivity contribution in [3.63, 3.8) is 0 Å². The molecule has 0 aliphatic carbocycles. The molecule has 2 saturated heterocycles. The van der Waals surface area contributed by atoms with Gasteiger partial charge in [-0.15, -0.1) is 0 Å². The van der Waals surface area contributed by atoms with Gasteiger partial charge in [0.25, 0.3) is 5.91 Å². The van der Waals surface area contributed by atoms with E-state index in [-0.39, 0.29) is 34.0 Å². The van der Waals surface area contributed by atoms with Gasteiger partial charge in [0.1, 0.15) is 17.4 Å². The summed E-state index contributed by atoms with van der Waals surface area (Å²) >= 11 is 6.27. The number of carbonyl (C=O) groups excluding carboxylic acids is 3. The maximum Gasteiger partial charge on any atom is 0.341 e. The molecule has 2 aliphatic rings. The van der Waals surface area contributed by atoms with E-state index in [1.165, 1.54) is 31.3 Å². The van der Waals surface area contributed by atoms with Crippen LogP contribution in [-0.2, 0) is 14.3 Å². The summed E-state index contributed by atoms with van der Waals surface area (Å²) in [4.78, 5) is 40.0. The largest absolute Gasteiger partial charge is 0.496 e. The van der Waals surface area contributed by atoms with Crippen LogP contribution >= 0.6 is 11.6 Å². The van der Waals surface area contributed by atoms with Gasteiger partial charge >= 0.3 is 12.0 Å². The number of hydrogen-bond donors (Lipinski definition) is 0. The summed E-state index contributed by atoms with van der Waals surface area (Å²) in [5, 5.41) is 0.0797. The average molecular weight is 383 g/mol. The quantitative estimate of drug-likeness (QED) is 0.585. The van der Waals surface area contributed by atoms with Crippen molar-refractivity contribution in [2.45, 2.75) is 25.0 Å². The highest BCUT2D eigenvalue weighted by Crippen LogP contribution is 2.38. The smallest absolute Gasteiger partial charge is 0.341 e. The fraction of sp³-hybridized carbons (Fsp3) is 0.471. The minimum absolute atomic E-state index is 0.0698. The number of imide groups is 1. The number of rotatable bonds is 4. The molecular weight excluding hydrogens is 364 g/mol. The molecule has 140 valence electrons. The van der Waals surface area contributed by atoms with Crippen molar-refractivity contribution < 1.29 is 28.6 Å². The zero-order valence-corrected chi connectivity index (χ0v) is 15.4. The first-order chi connectivity index (χ1) is 12.4. The predicted octanol–water partition coefficient (Wildman–Crippen LogP) is 2.08. The molecule has 0 saturated carbocycles. The number of carbonyl (C=O) groups is 3. The first-order valence-corrected chi connectivity index (χ1v) is 8.43. The van der Waals surface area contributed by atoms with Crippen LogP contribution in [0.25, 0.3) is 0 Å². The number of piperidine rings is 1. The van der Waals surface area contributed by atoms with Gasteiger partial charge in [-0.2, -0.15) is 0 Å². The Bertz CT molecular complexity index is 768. The number of methoxy groups -OCH3 is 3. The van der Waals surface area contributed by atoms with E-state index in [0.29, 0.717) is 19.4 Å². The Morgan fingerprint density at radius 1 is 1.23 bits per heavy atom. The number of anilines is 1. The number of esters is 1. The molecule has 26 heavy (non-hydrogen) atoms. The van der Waals surface area contributed by atoms with Crippen LogP contribution in [0.1, 0.15) is 23.2 Å². The van der Waals surface area contributed by atoms with Crippen molar-refractivity contribution in [3.05, 3.63) is 22.7 Å². The lowest BCUT2D eigenvalue weighted by Gasteiger charge is -2.31. The van der Waals surface area contributed by atoms with E-state index in [4.69, 9.17) is 25.8 Å². The van der Waals surface area contributed by atoms with Gasteiger partial charge in [0.05, 0.1) is 31.0 Å². The summed E-state index contributed by atoms with van der Waals surface area (Å²) in [5.41, 5.74) is 0.287. The van der Waals surface area contributed by atoms with Crippen LogP contribution in [0.4, 0.5) is 10.5 Å². The molecule has 2 atom stereocenters. The molecule has 1 aromatic rings. The third kappa shape index (κ3) is 2.89. The Hall–Kier alpha value is -2.32. The third-order valence-corrected chi connectivity index (χ3v) is 5.05. The fourth-order valence-electron chi connectivity index (χ4n) is 3.36. The average Bonchev–Trinajstić information content (AvgIpc) is 2.91. The first kappa shape index (κ1) is 18.5. The maximum absolute atomic E-state index is 12.9. The van der Waals surface area contributed by atoms with Gasteiger partial charge in [-0.1, -0.05) is 11.6 Å². The van der Waals surface area contributed by atoms with Crippen LogP contribution in [-0.4, -0.2) is 62.8 Å². The molecule has 8 nitrogen and oxygen atoms in total. The summed E-state index contributed by atoms with van der Waals surface area (Å²) in [5.74, 6) is -0.835. The van der Waals surface area contributed by atoms with Crippen LogP contribution in [0.15, 0.2) is 12.1 Å². The molecule has 2 fully saturated rings. The van der Waals surface area contributed by atoms with E-state index in [0.717, 1.165) is 4.90 Å². The standard InChI is InChI=1S/C17H19ClN2O6/c1-24-9-4-5-19-13(6-9)15(21)20(17(19)23)12-8-14(25-2)10(7-11(12)18)16(22)26-3/h7-9,13H,4-6H2,1-3H3/t9-,13+/m1/s1. The van der Waals surface area contributed by atoms with Crippen molar-refractivity contribution in [1.82, 2.24) is 4.90 Å². The van der Waals surface area contributed by atoms with E-state index in [1.54, 1.807) is 7.11 Å². The van der Waals surface area contributed by atoms with Crippen LogP contribution in [0, 0.1) is 0 Å². The molecule has 1 aromatic carbocycles. The number of hydrogen-bond acceptors (Lipinski definition) is 6. The predicted molar refractivity (Wildman–Crippen MR) is 92.8 cm³/mol. The summed E-state index contributed by atoms with van der Waals surface area (Å²) in [6, 6.07) is 1.71. The second kappa shape index (κ2) is 7.13. The van der Waals surface area contributed by atoms with Gasteiger partial charge in [-0.3, -0.25) is 4.79 Å². The Kier molecular flexibility index (Phi) is 5.06. The van der Waals surface area contributed by atoms with Gasteiger partial charge in [0.2, 0.25) is 0 Å². The van der Waals surface area contributed by atoms with Crippen LogP contribution in [0.5, 0.6) is 5.75 Å². The molecule has 0 unspecified atom stereocenters. The number of amides is 3. The molecule has 0 N–H and O–H groups in total. The molecule has 2 aliphatic heterocycles. The minimum Gasteiger partial charge on any atom is -0.496 e. The Labute approximate surface area is 155 Å². The van der Waals surface area contributed by atoms with Gasteiger partial charge in [-0.25, -0.2) is 14.5 Å². The fourth-order valence-corrected chi connectivity index (χ4v) is 3.60. The highest BCUT2D eigenvalue weighted by atomic mass is 35.5. The maximum atomic E-state index is 12.9. The third-order valence-electron chi connectivity index (χ3n) is 4.75. The number of halogens is 1. The van der Waals surface area contributed by atoms with Gasteiger partial charge in [0, 0.05) is 26.1 Å². The first-order valence-electron chi connectivity index (χ1n) is 8.06. The monoisotopic (exact) mass is 382 g/mol. The van der Waals surface area contributed by atoms with Crippen LogP contribution in [0.3, 0.4) is 0 Å². The molecule has 9 heteroatoms. The summed E-state index contributed by atoms with van der Waals surface area (Å²) in [6.45, 7) is 0.430. The summed E-state index contributed by atoms with van der Waals surface area (Å²) in [6.07, 6.45) is 1.03. The van der Waals surface area contributed by atoms with Crippen LogP contribution < -0.4 is 9.64 Å². The second-order valence-corrected chi connectivity index (χ2v) is 6.45. The summed E-state index contributed by atoms with van der Waals surface area (Å²) in [7, 11) is 4.20. The lowest BCUT2D eigenvalue weighted by atomic mass is 10.0. The van der Waals surface area contributed by atoms with Crippen molar-refractivity contribution in [2.24, 2.45) is 0 Å². The number of urea groups is 1. The normalized spacial score (nSPS) is 22.5. The Morgan fingerprint density at radius 3 is 2.58 bits per heavy atom. The van der Waals surface area contributed by atoms with Crippen molar-refractivity contribution >= 4 is 35.2 Å². The molecule has 0 aromatic heterocycles. The van der Waals surface area contributed by atoms with Gasteiger partial charge in [0.15, 0.2) is 0 Å². The molecule has 3 rings (SSSR count). The molecule has 2 heterocycles. The topological polar surface area (TPSA) is 85.4 Å². The van der Waals surface area contributed by atoms with E-state index >= 15 is 0 Å². The molecule has 0 spiro atoms. The molecular formula is C17H19ClN2O6. The van der Waals surface area contributed by atoms with Crippen LogP contribution in [0.2, 0.25) is 5.02 Å². The zero-order chi connectivity index (χ0) is 19.0. The van der Waals surface area contributed by atoms with E-state index < -0.39 is 18.0 Å². The van der Waals surface area contributed by atoms with Gasteiger partial charge < -0.3 is 19.1 Å². The van der Waals surface area contributed by atoms with Crippen molar-refractivity contribution in [3.8, 4) is 5.75 Å². The van der Waals surface area contributed by atoms with Crippen molar-refractivity contribution in [2.75, 3.05) is 32.8 Å². The number of fused-ring (bicyclic) bond motifs is 1. The Morgan fingerprint density at radius 2 is 1.96 bits per heavy atom. The molecule has 0 radical (unpaired) electrons. The zero-order valence-electron chi connectivity index (χ0n) is 14.7. The highest BCUT2D eigenvalue weighted by Gasteiger charge is 2.49. The SMILES string of the molecule is COC(=O)c1cc(Cl)c(N2C(=O)[C@@H]3C[C@H](OC)CCN3C2=O)cc1OC.